The Morgan fingerprint density at radius 1 is 1.09 bits per heavy atom. The molecule has 33 heavy (non-hydrogen) atoms. The van der Waals surface area contributed by atoms with Crippen LogP contribution in [0.3, 0.4) is 0 Å². The summed E-state index contributed by atoms with van der Waals surface area (Å²) in [7, 11) is 0. The number of amides is 2. The van der Waals surface area contributed by atoms with Crippen molar-refractivity contribution in [2.75, 3.05) is 0 Å². The standard InChI is InChI=1S/C23H16Cl2N2O5S/c1-12-7-15(9-19(13(12)2)27(30)31)20-6-4-16(32-20)10-21-22(28)26(23(29)33-21)11-14-3-5-17(24)18(25)8-14/h3-10H,11H2,1-2H3/b21-10-. The van der Waals surface area contributed by atoms with Crippen LogP contribution in [0.2, 0.25) is 10.0 Å². The van der Waals surface area contributed by atoms with Crippen LogP contribution in [0, 0.1) is 24.0 Å². The number of thioether (sulfide) groups is 1. The first-order chi connectivity index (χ1) is 15.6. The van der Waals surface area contributed by atoms with Gasteiger partial charge in [-0.15, -0.1) is 0 Å². The van der Waals surface area contributed by atoms with Gasteiger partial charge in [-0.2, -0.15) is 0 Å². The van der Waals surface area contributed by atoms with Gasteiger partial charge in [-0.1, -0.05) is 29.3 Å². The zero-order chi connectivity index (χ0) is 23.9. The van der Waals surface area contributed by atoms with Gasteiger partial charge in [0, 0.05) is 23.3 Å². The zero-order valence-electron chi connectivity index (χ0n) is 17.4. The molecular formula is C23H16Cl2N2O5S. The van der Waals surface area contributed by atoms with Gasteiger partial charge >= 0.3 is 0 Å². The summed E-state index contributed by atoms with van der Waals surface area (Å²) in [5.41, 5.74) is 2.58. The number of halogens is 2. The molecule has 10 heteroatoms. The summed E-state index contributed by atoms with van der Waals surface area (Å²) in [6.07, 6.45) is 1.48. The normalized spacial score (nSPS) is 15.0. The number of nitrogens with zero attached hydrogens (tertiary/aromatic N) is 2. The van der Waals surface area contributed by atoms with Gasteiger partial charge in [0.15, 0.2) is 0 Å². The Labute approximate surface area is 203 Å². The van der Waals surface area contributed by atoms with E-state index in [0.29, 0.717) is 38.3 Å². The van der Waals surface area contributed by atoms with E-state index < -0.39 is 16.1 Å². The van der Waals surface area contributed by atoms with Gasteiger partial charge in [-0.05, 0) is 67.1 Å². The highest BCUT2D eigenvalue weighted by Crippen LogP contribution is 2.36. The SMILES string of the molecule is Cc1cc(-c2ccc(/C=C3\SC(=O)N(Cc4ccc(Cl)c(Cl)c4)C3=O)o2)cc([N+](=O)[O-])c1C. The van der Waals surface area contributed by atoms with Crippen LogP contribution in [0.4, 0.5) is 10.5 Å². The zero-order valence-corrected chi connectivity index (χ0v) is 19.8. The Balaban J connectivity index is 1.57. The highest BCUT2D eigenvalue weighted by atomic mass is 35.5. The Morgan fingerprint density at radius 2 is 1.85 bits per heavy atom. The molecule has 0 N–H and O–H groups in total. The first-order valence-corrected chi connectivity index (χ1v) is 11.3. The number of rotatable bonds is 5. The molecule has 3 aromatic rings. The second kappa shape index (κ2) is 9.05. The first-order valence-electron chi connectivity index (χ1n) is 9.69. The lowest BCUT2D eigenvalue weighted by Gasteiger charge is -2.12. The molecule has 0 spiro atoms. The van der Waals surface area contributed by atoms with Crippen LogP contribution < -0.4 is 0 Å². The van der Waals surface area contributed by atoms with E-state index in [9.17, 15) is 19.7 Å². The maximum atomic E-state index is 12.8. The molecule has 2 amide bonds. The van der Waals surface area contributed by atoms with Crippen LogP contribution in [0.15, 0.2) is 51.8 Å². The summed E-state index contributed by atoms with van der Waals surface area (Å²) in [5, 5.41) is 11.6. The minimum atomic E-state index is -0.448. The van der Waals surface area contributed by atoms with E-state index in [1.54, 1.807) is 50.2 Å². The molecule has 0 saturated carbocycles. The predicted octanol–water partition coefficient (Wildman–Crippen LogP) is 7.01. The minimum Gasteiger partial charge on any atom is -0.457 e. The Hall–Kier alpha value is -3.07. The summed E-state index contributed by atoms with van der Waals surface area (Å²) in [5.74, 6) is 0.323. The highest BCUT2D eigenvalue weighted by molar-refractivity contribution is 8.18. The average Bonchev–Trinajstić information content (AvgIpc) is 3.33. The molecule has 0 atom stereocenters. The van der Waals surface area contributed by atoms with Gasteiger partial charge in [0.2, 0.25) is 0 Å². The van der Waals surface area contributed by atoms with Crippen molar-refractivity contribution in [2.24, 2.45) is 0 Å². The maximum absolute atomic E-state index is 12.8. The Bertz CT molecular complexity index is 1350. The Kier molecular flexibility index (Phi) is 6.34. The van der Waals surface area contributed by atoms with E-state index in [1.165, 1.54) is 12.1 Å². The van der Waals surface area contributed by atoms with Crippen molar-refractivity contribution in [3.63, 3.8) is 0 Å². The summed E-state index contributed by atoms with van der Waals surface area (Å²) in [4.78, 5) is 37.4. The van der Waals surface area contributed by atoms with E-state index in [-0.39, 0.29) is 17.1 Å². The van der Waals surface area contributed by atoms with Gasteiger partial charge in [0.25, 0.3) is 16.8 Å². The van der Waals surface area contributed by atoms with Crippen molar-refractivity contribution >= 4 is 57.9 Å². The van der Waals surface area contributed by atoms with E-state index in [1.807, 2.05) is 0 Å². The van der Waals surface area contributed by atoms with E-state index >= 15 is 0 Å². The van der Waals surface area contributed by atoms with Crippen LogP contribution in [0.1, 0.15) is 22.5 Å². The van der Waals surface area contributed by atoms with Crippen LogP contribution in [0.5, 0.6) is 0 Å². The number of hydrogen-bond donors (Lipinski definition) is 0. The van der Waals surface area contributed by atoms with E-state index in [4.69, 9.17) is 27.6 Å². The molecule has 0 aliphatic carbocycles. The fraction of sp³-hybridized carbons (Fsp3) is 0.130. The number of imide groups is 1. The third-order valence-corrected chi connectivity index (χ3v) is 6.87. The molecule has 1 aromatic heterocycles. The summed E-state index contributed by atoms with van der Waals surface area (Å²) in [6.45, 7) is 3.55. The predicted molar refractivity (Wildman–Crippen MR) is 128 cm³/mol. The molecule has 2 aromatic carbocycles. The Morgan fingerprint density at radius 3 is 2.55 bits per heavy atom. The first kappa shape index (κ1) is 23.1. The number of hydrogen-bond acceptors (Lipinski definition) is 6. The average molecular weight is 503 g/mol. The molecule has 7 nitrogen and oxygen atoms in total. The lowest BCUT2D eigenvalue weighted by Crippen LogP contribution is -2.27. The molecule has 1 aliphatic rings. The number of carbonyl (C=O) groups is 2. The number of furan rings is 1. The topological polar surface area (TPSA) is 93.7 Å². The molecule has 0 radical (unpaired) electrons. The highest BCUT2D eigenvalue weighted by Gasteiger charge is 2.35. The van der Waals surface area contributed by atoms with Crippen LogP contribution in [-0.4, -0.2) is 21.0 Å². The fourth-order valence-electron chi connectivity index (χ4n) is 3.34. The molecule has 1 saturated heterocycles. The van der Waals surface area contributed by atoms with Crippen molar-refractivity contribution in [2.45, 2.75) is 20.4 Å². The lowest BCUT2D eigenvalue weighted by molar-refractivity contribution is -0.385. The van der Waals surface area contributed by atoms with Crippen molar-refractivity contribution < 1.29 is 18.9 Å². The van der Waals surface area contributed by atoms with Crippen LogP contribution in [-0.2, 0) is 11.3 Å². The number of aryl methyl sites for hydroxylation is 1. The maximum Gasteiger partial charge on any atom is 0.293 e. The van der Waals surface area contributed by atoms with Crippen LogP contribution in [0.25, 0.3) is 17.4 Å². The summed E-state index contributed by atoms with van der Waals surface area (Å²) in [6, 6.07) is 11.5. The molecule has 168 valence electrons. The number of benzene rings is 2. The third-order valence-electron chi connectivity index (χ3n) is 5.22. The van der Waals surface area contributed by atoms with Crippen LogP contribution >= 0.6 is 35.0 Å². The molecule has 1 fully saturated rings. The van der Waals surface area contributed by atoms with Crippen molar-refractivity contribution in [3.05, 3.63) is 90.0 Å². The molecule has 4 rings (SSSR count). The van der Waals surface area contributed by atoms with Gasteiger partial charge in [0.1, 0.15) is 11.5 Å². The molecule has 2 heterocycles. The smallest absolute Gasteiger partial charge is 0.293 e. The van der Waals surface area contributed by atoms with Gasteiger partial charge in [-0.3, -0.25) is 24.6 Å². The number of nitro groups is 1. The third kappa shape index (κ3) is 4.68. The molecule has 0 unspecified atom stereocenters. The second-order valence-corrected chi connectivity index (χ2v) is 9.22. The number of carbonyl (C=O) groups excluding carboxylic acids is 2. The largest absolute Gasteiger partial charge is 0.457 e. The van der Waals surface area contributed by atoms with Crippen molar-refractivity contribution in [1.82, 2.24) is 4.90 Å². The van der Waals surface area contributed by atoms with E-state index in [2.05, 4.69) is 0 Å². The second-order valence-electron chi connectivity index (χ2n) is 7.41. The quantitative estimate of drug-likeness (QED) is 0.211. The summed E-state index contributed by atoms with van der Waals surface area (Å²) < 4.78 is 5.80. The minimum absolute atomic E-state index is 0.00590. The monoisotopic (exact) mass is 502 g/mol. The number of nitro benzene ring substituents is 1. The van der Waals surface area contributed by atoms with Crippen molar-refractivity contribution in [3.8, 4) is 11.3 Å². The molecule has 0 bridgehead atoms. The fourth-order valence-corrected chi connectivity index (χ4v) is 4.48. The molecule has 1 aliphatic heterocycles. The molecular weight excluding hydrogens is 487 g/mol. The van der Waals surface area contributed by atoms with E-state index in [0.717, 1.165) is 22.2 Å². The van der Waals surface area contributed by atoms with Gasteiger partial charge in [-0.25, -0.2) is 0 Å². The summed E-state index contributed by atoms with van der Waals surface area (Å²) >= 11 is 12.7. The van der Waals surface area contributed by atoms with Gasteiger partial charge in [0.05, 0.1) is 26.4 Å². The van der Waals surface area contributed by atoms with Gasteiger partial charge < -0.3 is 4.42 Å². The van der Waals surface area contributed by atoms with Crippen molar-refractivity contribution in [1.29, 1.82) is 0 Å². The lowest BCUT2D eigenvalue weighted by atomic mass is 10.0.